The van der Waals surface area contributed by atoms with E-state index in [-0.39, 0.29) is 17.4 Å². The second-order valence-electron chi connectivity index (χ2n) is 6.17. The first-order chi connectivity index (χ1) is 10.8. The molecule has 1 N–H and O–H groups in total. The van der Waals surface area contributed by atoms with E-state index < -0.39 is 0 Å². The summed E-state index contributed by atoms with van der Waals surface area (Å²) in [7, 11) is 3.56. The molecule has 7 heteroatoms. The highest BCUT2D eigenvalue weighted by molar-refractivity contribution is 5.92. The van der Waals surface area contributed by atoms with Gasteiger partial charge in [0.1, 0.15) is 17.8 Å². The Labute approximate surface area is 135 Å². The van der Waals surface area contributed by atoms with Crippen molar-refractivity contribution in [2.24, 2.45) is 20.0 Å². The summed E-state index contributed by atoms with van der Waals surface area (Å²) in [5.74, 6) is 0.782. The van der Waals surface area contributed by atoms with Crippen molar-refractivity contribution in [2.75, 3.05) is 0 Å². The van der Waals surface area contributed by atoms with Gasteiger partial charge in [0.2, 0.25) is 0 Å². The zero-order valence-electron chi connectivity index (χ0n) is 14.2. The highest BCUT2D eigenvalue weighted by Crippen LogP contribution is 2.19. The third-order valence-electron chi connectivity index (χ3n) is 3.82. The number of carbonyl (C=O) groups is 1. The predicted octanol–water partition coefficient (Wildman–Crippen LogP) is 1.34. The number of hydrogen-bond acceptors (Lipinski definition) is 4. The standard InChI is InChI=1S/C16H23N5O2/c1-10(2)6-13(15-17-9-18-21(15)5)19-16(23)14-8-12(22)7-11(3)20(14)4/h7-10,13H,6H2,1-5H3,(H,19,23). The van der Waals surface area contributed by atoms with Crippen LogP contribution in [0.25, 0.3) is 0 Å². The second kappa shape index (κ2) is 6.76. The van der Waals surface area contributed by atoms with E-state index in [4.69, 9.17) is 0 Å². The molecule has 0 aliphatic rings. The highest BCUT2D eigenvalue weighted by atomic mass is 16.2. The molecule has 1 amide bonds. The lowest BCUT2D eigenvalue weighted by molar-refractivity contribution is 0.0919. The summed E-state index contributed by atoms with van der Waals surface area (Å²) in [5, 5.41) is 7.05. The lowest BCUT2D eigenvalue weighted by Crippen LogP contribution is -2.34. The van der Waals surface area contributed by atoms with E-state index >= 15 is 0 Å². The van der Waals surface area contributed by atoms with E-state index in [0.29, 0.717) is 17.4 Å². The van der Waals surface area contributed by atoms with Gasteiger partial charge in [0.25, 0.3) is 5.91 Å². The first-order valence-corrected chi connectivity index (χ1v) is 7.62. The van der Waals surface area contributed by atoms with Gasteiger partial charge in [-0.3, -0.25) is 14.3 Å². The van der Waals surface area contributed by atoms with Gasteiger partial charge in [-0.2, -0.15) is 5.10 Å². The van der Waals surface area contributed by atoms with Crippen LogP contribution in [-0.4, -0.2) is 25.2 Å². The minimum Gasteiger partial charge on any atom is -0.344 e. The molecule has 0 bridgehead atoms. The molecule has 7 nitrogen and oxygen atoms in total. The van der Waals surface area contributed by atoms with Gasteiger partial charge in [-0.25, -0.2) is 4.98 Å². The van der Waals surface area contributed by atoms with Gasteiger partial charge in [-0.15, -0.1) is 0 Å². The van der Waals surface area contributed by atoms with E-state index in [9.17, 15) is 9.59 Å². The smallest absolute Gasteiger partial charge is 0.268 e. The molecular formula is C16H23N5O2. The van der Waals surface area contributed by atoms with Crippen LogP contribution in [0.4, 0.5) is 0 Å². The molecule has 23 heavy (non-hydrogen) atoms. The summed E-state index contributed by atoms with van der Waals surface area (Å²) >= 11 is 0. The first-order valence-electron chi connectivity index (χ1n) is 7.62. The van der Waals surface area contributed by atoms with Crippen molar-refractivity contribution in [1.29, 1.82) is 0 Å². The first kappa shape index (κ1) is 16.9. The number of aromatic nitrogens is 4. The Morgan fingerprint density at radius 3 is 2.57 bits per heavy atom. The van der Waals surface area contributed by atoms with E-state index in [1.807, 2.05) is 0 Å². The van der Waals surface area contributed by atoms with Gasteiger partial charge in [0.15, 0.2) is 5.43 Å². The number of amides is 1. The third kappa shape index (κ3) is 3.85. The van der Waals surface area contributed by atoms with Crippen molar-refractivity contribution < 1.29 is 4.79 Å². The maximum absolute atomic E-state index is 12.6. The Hall–Kier alpha value is -2.44. The van der Waals surface area contributed by atoms with E-state index in [1.165, 1.54) is 18.5 Å². The fraction of sp³-hybridized carbons (Fsp3) is 0.500. The zero-order valence-corrected chi connectivity index (χ0v) is 14.2. The summed E-state index contributed by atoms with van der Waals surface area (Å²) in [5.41, 5.74) is 0.900. The Kier molecular flexibility index (Phi) is 4.98. The van der Waals surface area contributed by atoms with Gasteiger partial charge < -0.3 is 9.88 Å². The van der Waals surface area contributed by atoms with E-state index in [1.54, 1.807) is 30.3 Å². The summed E-state index contributed by atoms with van der Waals surface area (Å²) in [6, 6.07) is 2.60. The molecule has 1 atom stereocenters. The topological polar surface area (TPSA) is 81.8 Å². The molecule has 2 aromatic rings. The van der Waals surface area contributed by atoms with Crippen molar-refractivity contribution >= 4 is 5.91 Å². The van der Waals surface area contributed by atoms with Crippen LogP contribution in [0.3, 0.4) is 0 Å². The molecule has 0 aliphatic heterocycles. The number of rotatable bonds is 5. The van der Waals surface area contributed by atoms with Crippen LogP contribution >= 0.6 is 0 Å². The third-order valence-corrected chi connectivity index (χ3v) is 3.82. The molecule has 124 valence electrons. The van der Waals surface area contributed by atoms with Crippen molar-refractivity contribution in [2.45, 2.75) is 33.2 Å². The maximum atomic E-state index is 12.6. The average molecular weight is 317 g/mol. The van der Waals surface area contributed by atoms with Crippen LogP contribution in [0.2, 0.25) is 0 Å². The van der Waals surface area contributed by atoms with Crippen LogP contribution in [-0.2, 0) is 14.1 Å². The van der Waals surface area contributed by atoms with Crippen LogP contribution in [0.1, 0.15) is 48.3 Å². The number of nitrogens with one attached hydrogen (secondary N) is 1. The summed E-state index contributed by atoms with van der Waals surface area (Å²) < 4.78 is 3.36. The summed E-state index contributed by atoms with van der Waals surface area (Å²) in [6.45, 7) is 5.96. The molecule has 0 saturated carbocycles. The predicted molar refractivity (Wildman–Crippen MR) is 87.1 cm³/mol. The normalized spacial score (nSPS) is 12.4. The molecule has 1 unspecified atom stereocenters. The van der Waals surface area contributed by atoms with Crippen molar-refractivity contribution in [3.63, 3.8) is 0 Å². The Morgan fingerprint density at radius 1 is 1.30 bits per heavy atom. The highest BCUT2D eigenvalue weighted by Gasteiger charge is 2.22. The minimum absolute atomic E-state index is 0.176. The summed E-state index contributed by atoms with van der Waals surface area (Å²) in [4.78, 5) is 28.6. The maximum Gasteiger partial charge on any atom is 0.268 e. The lowest BCUT2D eigenvalue weighted by Gasteiger charge is -2.21. The van der Waals surface area contributed by atoms with Gasteiger partial charge >= 0.3 is 0 Å². The molecular weight excluding hydrogens is 294 g/mol. The van der Waals surface area contributed by atoms with Crippen molar-refractivity contribution in [3.05, 3.63) is 45.9 Å². The van der Waals surface area contributed by atoms with Crippen LogP contribution in [0, 0.1) is 12.8 Å². The average Bonchev–Trinajstić information content (AvgIpc) is 2.87. The fourth-order valence-electron chi connectivity index (χ4n) is 2.54. The van der Waals surface area contributed by atoms with Crippen molar-refractivity contribution in [1.82, 2.24) is 24.6 Å². The number of aryl methyl sites for hydroxylation is 2. The molecule has 2 aromatic heterocycles. The molecule has 2 rings (SSSR count). The Morgan fingerprint density at radius 2 is 2.00 bits per heavy atom. The van der Waals surface area contributed by atoms with E-state index in [2.05, 4.69) is 29.2 Å². The lowest BCUT2D eigenvalue weighted by atomic mass is 10.0. The molecule has 0 aliphatic carbocycles. The Balaban J connectivity index is 2.32. The van der Waals surface area contributed by atoms with Crippen molar-refractivity contribution in [3.8, 4) is 0 Å². The molecule has 2 heterocycles. The van der Waals surface area contributed by atoms with Crippen LogP contribution < -0.4 is 10.7 Å². The largest absolute Gasteiger partial charge is 0.344 e. The van der Waals surface area contributed by atoms with E-state index in [0.717, 1.165) is 12.1 Å². The molecule has 0 fully saturated rings. The summed E-state index contributed by atoms with van der Waals surface area (Å²) in [6.07, 6.45) is 2.20. The van der Waals surface area contributed by atoms with Gasteiger partial charge in [0, 0.05) is 31.9 Å². The zero-order chi connectivity index (χ0) is 17.1. The SMILES string of the molecule is Cc1cc(=O)cc(C(=O)NC(CC(C)C)c2ncnn2C)n1C. The minimum atomic E-state index is -0.290. The quantitative estimate of drug-likeness (QED) is 0.902. The van der Waals surface area contributed by atoms with Gasteiger partial charge in [0.05, 0.1) is 6.04 Å². The number of hydrogen-bond donors (Lipinski definition) is 1. The molecule has 0 radical (unpaired) electrons. The monoisotopic (exact) mass is 317 g/mol. The number of nitrogens with zero attached hydrogens (tertiary/aromatic N) is 4. The second-order valence-corrected chi connectivity index (χ2v) is 6.17. The molecule has 0 spiro atoms. The number of pyridine rings is 1. The van der Waals surface area contributed by atoms with Crippen LogP contribution in [0.15, 0.2) is 23.3 Å². The molecule has 0 saturated heterocycles. The van der Waals surface area contributed by atoms with Crippen LogP contribution in [0.5, 0.6) is 0 Å². The van der Waals surface area contributed by atoms with Gasteiger partial charge in [-0.1, -0.05) is 13.8 Å². The Bertz CT molecular complexity index is 760. The number of carbonyl (C=O) groups excluding carboxylic acids is 1. The fourth-order valence-corrected chi connectivity index (χ4v) is 2.54. The molecule has 0 aromatic carbocycles. The van der Waals surface area contributed by atoms with Gasteiger partial charge in [-0.05, 0) is 19.3 Å².